The quantitative estimate of drug-likeness (QED) is 0.679. The number of rotatable bonds is 6. The van der Waals surface area contributed by atoms with Crippen LogP contribution in [0, 0.1) is 0 Å². The van der Waals surface area contributed by atoms with E-state index in [1.807, 2.05) is 0 Å². The fraction of sp³-hybridized carbons (Fsp3) is 0.333. The Balaban J connectivity index is 1.67. The first kappa shape index (κ1) is 22.9. The van der Waals surface area contributed by atoms with Gasteiger partial charge in [0.1, 0.15) is 0 Å². The maximum Gasteiger partial charge on any atom is 0.409 e. The Bertz CT molecular complexity index is 1040. The van der Waals surface area contributed by atoms with E-state index in [1.165, 1.54) is 30.3 Å². The summed E-state index contributed by atoms with van der Waals surface area (Å²) in [5, 5.41) is 3.35. The van der Waals surface area contributed by atoms with E-state index in [0.29, 0.717) is 37.6 Å². The van der Waals surface area contributed by atoms with Gasteiger partial charge in [-0.05, 0) is 56.2 Å². The van der Waals surface area contributed by atoms with Crippen LogP contribution in [0.4, 0.5) is 10.5 Å². The second-order valence-electron chi connectivity index (χ2n) is 7.04. The van der Waals surface area contributed by atoms with Crippen molar-refractivity contribution in [1.82, 2.24) is 10.2 Å². The molecule has 8 nitrogen and oxygen atoms in total. The minimum Gasteiger partial charge on any atom is -0.450 e. The molecule has 1 heterocycles. The summed E-state index contributed by atoms with van der Waals surface area (Å²) >= 11 is 5.83. The minimum absolute atomic E-state index is 0.0402. The van der Waals surface area contributed by atoms with Crippen molar-refractivity contribution in [3.8, 4) is 0 Å². The van der Waals surface area contributed by atoms with Crippen molar-refractivity contribution < 1.29 is 22.7 Å². The molecule has 0 aromatic heterocycles. The molecule has 1 saturated heterocycles. The Morgan fingerprint density at radius 2 is 1.74 bits per heavy atom. The maximum absolute atomic E-state index is 12.9. The molecule has 166 valence electrons. The van der Waals surface area contributed by atoms with Crippen molar-refractivity contribution in [3.63, 3.8) is 0 Å². The van der Waals surface area contributed by atoms with Gasteiger partial charge in [-0.25, -0.2) is 13.2 Å². The van der Waals surface area contributed by atoms with Crippen LogP contribution in [-0.2, 0) is 14.8 Å². The summed E-state index contributed by atoms with van der Waals surface area (Å²) in [6.07, 6.45) is 0.820. The molecule has 0 saturated carbocycles. The molecule has 2 aromatic rings. The highest BCUT2D eigenvalue weighted by Crippen LogP contribution is 2.22. The van der Waals surface area contributed by atoms with Gasteiger partial charge in [0.25, 0.3) is 15.9 Å². The Morgan fingerprint density at radius 1 is 1.10 bits per heavy atom. The number of piperidine rings is 1. The molecular weight excluding hydrogens is 442 g/mol. The summed E-state index contributed by atoms with van der Waals surface area (Å²) < 4.78 is 32.9. The van der Waals surface area contributed by atoms with Crippen LogP contribution in [0.2, 0.25) is 5.02 Å². The van der Waals surface area contributed by atoms with Crippen molar-refractivity contribution in [3.05, 3.63) is 59.1 Å². The Labute approximate surface area is 186 Å². The van der Waals surface area contributed by atoms with Gasteiger partial charge >= 0.3 is 6.09 Å². The maximum atomic E-state index is 12.9. The van der Waals surface area contributed by atoms with Crippen molar-refractivity contribution >= 4 is 39.3 Å². The first-order valence-electron chi connectivity index (χ1n) is 9.90. The second-order valence-corrected chi connectivity index (χ2v) is 9.16. The van der Waals surface area contributed by atoms with Gasteiger partial charge in [-0.1, -0.05) is 23.7 Å². The summed E-state index contributed by atoms with van der Waals surface area (Å²) in [6.45, 7) is 3.03. The van der Waals surface area contributed by atoms with Gasteiger partial charge in [-0.3, -0.25) is 9.52 Å². The first-order chi connectivity index (χ1) is 14.8. The van der Waals surface area contributed by atoms with E-state index in [2.05, 4.69) is 10.0 Å². The molecule has 0 spiro atoms. The SMILES string of the molecule is CCOC(=O)N1CCC(NC(=O)c2ccccc2NS(=O)(=O)c2ccc(Cl)cc2)CC1. The summed E-state index contributed by atoms with van der Waals surface area (Å²) in [5.74, 6) is -0.385. The molecule has 1 fully saturated rings. The predicted octanol–water partition coefficient (Wildman–Crippen LogP) is 3.49. The molecule has 0 radical (unpaired) electrons. The number of para-hydroxylation sites is 1. The Morgan fingerprint density at radius 3 is 2.39 bits per heavy atom. The standard InChI is InChI=1S/C21H24ClN3O5S/c1-2-30-21(27)25-13-11-16(12-14-25)23-20(26)18-5-3-4-6-19(18)24-31(28,29)17-9-7-15(22)8-10-17/h3-10,16,24H,2,11-14H2,1H3,(H,23,26). The van der Waals surface area contributed by atoms with Gasteiger partial charge in [0.2, 0.25) is 0 Å². The number of ether oxygens (including phenoxy) is 1. The van der Waals surface area contributed by atoms with Gasteiger partial charge in [0.05, 0.1) is 22.8 Å². The number of nitrogens with one attached hydrogen (secondary N) is 2. The van der Waals surface area contributed by atoms with Crippen molar-refractivity contribution in [2.75, 3.05) is 24.4 Å². The highest BCUT2D eigenvalue weighted by molar-refractivity contribution is 7.92. The molecule has 10 heteroatoms. The number of anilines is 1. The zero-order chi connectivity index (χ0) is 22.4. The average Bonchev–Trinajstić information content (AvgIpc) is 2.75. The third-order valence-electron chi connectivity index (χ3n) is 4.90. The molecular formula is C21H24ClN3O5S. The molecule has 0 atom stereocenters. The topological polar surface area (TPSA) is 105 Å². The van der Waals surface area contributed by atoms with Gasteiger partial charge in [-0.2, -0.15) is 0 Å². The minimum atomic E-state index is -3.89. The van der Waals surface area contributed by atoms with Crippen molar-refractivity contribution in [1.29, 1.82) is 0 Å². The predicted molar refractivity (Wildman–Crippen MR) is 118 cm³/mol. The molecule has 1 aliphatic heterocycles. The van der Waals surface area contributed by atoms with E-state index in [1.54, 1.807) is 30.0 Å². The molecule has 3 rings (SSSR count). The number of hydrogen-bond donors (Lipinski definition) is 2. The normalized spacial score (nSPS) is 14.7. The van der Waals surface area contributed by atoms with Crippen LogP contribution in [0.25, 0.3) is 0 Å². The van der Waals surface area contributed by atoms with Gasteiger partial charge in [0, 0.05) is 24.2 Å². The first-order valence-corrected chi connectivity index (χ1v) is 11.8. The third-order valence-corrected chi connectivity index (χ3v) is 6.53. The van der Waals surface area contributed by atoms with Crippen LogP contribution in [0.5, 0.6) is 0 Å². The smallest absolute Gasteiger partial charge is 0.409 e. The molecule has 0 aliphatic carbocycles. The number of carbonyl (C=O) groups excluding carboxylic acids is 2. The number of likely N-dealkylation sites (tertiary alicyclic amines) is 1. The summed E-state index contributed by atoms with van der Waals surface area (Å²) in [6, 6.07) is 12.0. The number of sulfonamides is 1. The van der Waals surface area contributed by atoms with Crippen molar-refractivity contribution in [2.24, 2.45) is 0 Å². The number of amides is 2. The summed E-state index contributed by atoms with van der Waals surface area (Å²) in [5.41, 5.74) is 0.395. The highest BCUT2D eigenvalue weighted by atomic mass is 35.5. The molecule has 0 bridgehead atoms. The fourth-order valence-electron chi connectivity index (χ4n) is 3.27. The summed E-state index contributed by atoms with van der Waals surface area (Å²) in [7, 11) is -3.89. The number of benzene rings is 2. The molecule has 2 amide bonds. The molecule has 31 heavy (non-hydrogen) atoms. The van der Waals surface area contributed by atoms with Crippen LogP contribution in [0.1, 0.15) is 30.1 Å². The van der Waals surface area contributed by atoms with Crippen molar-refractivity contribution in [2.45, 2.75) is 30.7 Å². The number of carbonyl (C=O) groups is 2. The number of hydrogen-bond acceptors (Lipinski definition) is 5. The Hall–Kier alpha value is -2.78. The number of halogens is 1. The third kappa shape index (κ3) is 5.89. The van der Waals surface area contributed by atoms with Gasteiger partial charge < -0.3 is 15.0 Å². The Kier molecular flexibility index (Phi) is 7.40. The van der Waals surface area contributed by atoms with Gasteiger partial charge in [-0.15, -0.1) is 0 Å². The lowest BCUT2D eigenvalue weighted by Crippen LogP contribution is -2.46. The van der Waals surface area contributed by atoms with E-state index >= 15 is 0 Å². The molecule has 1 aliphatic rings. The lowest BCUT2D eigenvalue weighted by Gasteiger charge is -2.31. The van der Waals surface area contributed by atoms with Crippen LogP contribution in [0.3, 0.4) is 0 Å². The van der Waals surface area contributed by atoms with Crippen LogP contribution in [-0.4, -0.2) is 51.1 Å². The summed E-state index contributed by atoms with van der Waals surface area (Å²) in [4.78, 5) is 26.3. The van der Waals surface area contributed by atoms with Gasteiger partial charge in [0.15, 0.2) is 0 Å². The van der Waals surface area contributed by atoms with E-state index in [9.17, 15) is 18.0 Å². The second kappa shape index (κ2) is 10.0. The van der Waals surface area contributed by atoms with Crippen LogP contribution >= 0.6 is 11.6 Å². The molecule has 0 unspecified atom stereocenters. The fourth-order valence-corrected chi connectivity index (χ4v) is 4.48. The lowest BCUT2D eigenvalue weighted by atomic mass is 10.0. The molecule has 2 N–H and O–H groups in total. The molecule has 2 aromatic carbocycles. The highest BCUT2D eigenvalue weighted by Gasteiger charge is 2.26. The monoisotopic (exact) mass is 465 g/mol. The van der Waals surface area contributed by atoms with E-state index < -0.39 is 10.0 Å². The van der Waals surface area contributed by atoms with E-state index in [4.69, 9.17) is 16.3 Å². The van der Waals surface area contributed by atoms with E-state index in [-0.39, 0.29) is 34.2 Å². The lowest BCUT2D eigenvalue weighted by molar-refractivity contribution is 0.0860. The van der Waals surface area contributed by atoms with Crippen LogP contribution < -0.4 is 10.0 Å². The average molecular weight is 466 g/mol. The van der Waals surface area contributed by atoms with E-state index in [0.717, 1.165) is 0 Å². The zero-order valence-corrected chi connectivity index (χ0v) is 18.6. The largest absolute Gasteiger partial charge is 0.450 e. The zero-order valence-electron chi connectivity index (χ0n) is 17.0. The van der Waals surface area contributed by atoms with Crippen LogP contribution in [0.15, 0.2) is 53.4 Å². The number of nitrogens with zero attached hydrogens (tertiary/aromatic N) is 1.